The first kappa shape index (κ1) is 20.0. The predicted octanol–water partition coefficient (Wildman–Crippen LogP) is 4.59. The van der Waals surface area contributed by atoms with Crippen molar-refractivity contribution in [3.63, 3.8) is 0 Å². The number of anilines is 1. The van der Waals surface area contributed by atoms with E-state index in [2.05, 4.69) is 15.3 Å². The Morgan fingerprint density at radius 1 is 1.03 bits per heavy atom. The maximum atomic E-state index is 13.3. The predicted molar refractivity (Wildman–Crippen MR) is 120 cm³/mol. The first-order chi connectivity index (χ1) is 15.5. The van der Waals surface area contributed by atoms with Crippen LogP contribution >= 0.6 is 11.3 Å². The molecule has 0 bridgehead atoms. The molecule has 0 spiro atoms. The summed E-state index contributed by atoms with van der Waals surface area (Å²) in [5.74, 6) is -2.23. The molecule has 2 aromatic carbocycles. The van der Waals surface area contributed by atoms with Crippen molar-refractivity contribution >= 4 is 43.4 Å². The van der Waals surface area contributed by atoms with Gasteiger partial charge in [-0.2, -0.15) is 0 Å². The first-order valence-electron chi connectivity index (χ1n) is 9.58. The van der Waals surface area contributed by atoms with Gasteiger partial charge in [0.15, 0.2) is 0 Å². The van der Waals surface area contributed by atoms with Crippen LogP contribution in [0.15, 0.2) is 71.8 Å². The van der Waals surface area contributed by atoms with Crippen LogP contribution in [0.25, 0.3) is 31.7 Å². The lowest BCUT2D eigenvalue weighted by atomic mass is 10.1. The fraction of sp³-hybridized carbons (Fsp3) is 0.0435. The third-order valence-corrected chi connectivity index (χ3v) is 5.92. The summed E-state index contributed by atoms with van der Waals surface area (Å²) in [6.07, 6.45) is 1.29. The summed E-state index contributed by atoms with van der Waals surface area (Å²) in [7, 11) is 0. The number of halogens is 2. The van der Waals surface area contributed by atoms with Gasteiger partial charge in [0.2, 0.25) is 5.91 Å². The van der Waals surface area contributed by atoms with Gasteiger partial charge < -0.3 is 5.32 Å². The summed E-state index contributed by atoms with van der Waals surface area (Å²) in [4.78, 5) is 35.0. The summed E-state index contributed by atoms with van der Waals surface area (Å²) < 4.78 is 28.2. The topological polar surface area (TPSA) is 76.9 Å². The zero-order valence-corrected chi connectivity index (χ0v) is 17.2. The summed E-state index contributed by atoms with van der Waals surface area (Å²) >= 11 is 1.21. The van der Waals surface area contributed by atoms with Crippen LogP contribution in [-0.2, 0) is 11.3 Å². The van der Waals surface area contributed by atoms with E-state index in [9.17, 15) is 18.4 Å². The molecule has 5 aromatic rings. The second-order valence-electron chi connectivity index (χ2n) is 7.08. The van der Waals surface area contributed by atoms with E-state index in [0.29, 0.717) is 21.1 Å². The Morgan fingerprint density at radius 3 is 2.53 bits per heavy atom. The molecule has 0 fully saturated rings. The van der Waals surface area contributed by atoms with Crippen molar-refractivity contribution in [3.8, 4) is 11.3 Å². The van der Waals surface area contributed by atoms with E-state index >= 15 is 0 Å². The smallest absolute Gasteiger partial charge is 0.271 e. The van der Waals surface area contributed by atoms with Crippen molar-refractivity contribution in [1.29, 1.82) is 0 Å². The molecule has 0 atom stereocenters. The molecular formula is C23H14F2N4O2S. The fourth-order valence-electron chi connectivity index (χ4n) is 3.41. The summed E-state index contributed by atoms with van der Waals surface area (Å²) in [6, 6.07) is 16.1. The standard InChI is InChI=1S/C23H14F2N4O2S/c24-14-8-15(25)10-16(9-14)27-19(30)11-29-12-26-20-17-6-7-18(13-4-2-1-3-5-13)28-22(17)32-21(20)23(29)31/h1-10,12H,11H2,(H,27,30). The zero-order valence-electron chi connectivity index (χ0n) is 16.4. The monoisotopic (exact) mass is 448 g/mol. The number of hydrogen-bond acceptors (Lipinski definition) is 5. The van der Waals surface area contributed by atoms with E-state index < -0.39 is 17.5 Å². The molecule has 158 valence electrons. The second kappa shape index (κ2) is 7.93. The fourth-order valence-corrected chi connectivity index (χ4v) is 4.49. The highest BCUT2D eigenvalue weighted by molar-refractivity contribution is 7.25. The number of benzene rings is 2. The molecule has 3 heterocycles. The number of aromatic nitrogens is 3. The zero-order chi connectivity index (χ0) is 22.2. The lowest BCUT2D eigenvalue weighted by Crippen LogP contribution is -2.27. The molecule has 0 saturated carbocycles. The highest BCUT2D eigenvalue weighted by Crippen LogP contribution is 2.31. The van der Waals surface area contributed by atoms with Crippen molar-refractivity contribution in [2.75, 3.05) is 5.32 Å². The maximum Gasteiger partial charge on any atom is 0.271 e. The third kappa shape index (κ3) is 3.74. The average Bonchev–Trinajstić information content (AvgIpc) is 3.14. The number of rotatable bonds is 4. The molecule has 0 aliphatic rings. The van der Waals surface area contributed by atoms with Gasteiger partial charge in [-0.05, 0) is 24.3 Å². The number of fused-ring (bicyclic) bond motifs is 3. The van der Waals surface area contributed by atoms with Crippen molar-refractivity contribution in [3.05, 3.63) is 89.0 Å². The van der Waals surface area contributed by atoms with Crippen molar-refractivity contribution < 1.29 is 13.6 Å². The quantitative estimate of drug-likeness (QED) is 0.436. The number of carbonyl (C=O) groups excluding carboxylic acids is 1. The van der Waals surface area contributed by atoms with Gasteiger partial charge in [0, 0.05) is 22.7 Å². The molecule has 5 rings (SSSR count). The van der Waals surface area contributed by atoms with Gasteiger partial charge in [0.05, 0.1) is 17.5 Å². The number of thiophene rings is 1. The molecule has 1 amide bonds. The largest absolute Gasteiger partial charge is 0.324 e. The minimum Gasteiger partial charge on any atom is -0.324 e. The molecule has 0 aliphatic heterocycles. The van der Waals surface area contributed by atoms with Gasteiger partial charge in [-0.25, -0.2) is 18.7 Å². The van der Waals surface area contributed by atoms with Gasteiger partial charge in [0.25, 0.3) is 5.56 Å². The number of pyridine rings is 1. The highest BCUT2D eigenvalue weighted by atomic mass is 32.1. The lowest BCUT2D eigenvalue weighted by molar-refractivity contribution is -0.116. The lowest BCUT2D eigenvalue weighted by Gasteiger charge is -2.07. The van der Waals surface area contributed by atoms with Crippen molar-refractivity contribution in [2.45, 2.75) is 6.54 Å². The molecule has 6 nitrogen and oxygen atoms in total. The van der Waals surface area contributed by atoms with Crippen LogP contribution in [0.1, 0.15) is 0 Å². The number of carbonyl (C=O) groups is 1. The van der Waals surface area contributed by atoms with Crippen LogP contribution < -0.4 is 10.9 Å². The number of hydrogen-bond donors (Lipinski definition) is 1. The molecule has 9 heteroatoms. The van der Waals surface area contributed by atoms with Gasteiger partial charge in [-0.15, -0.1) is 11.3 Å². The van der Waals surface area contributed by atoms with Crippen LogP contribution in [0.2, 0.25) is 0 Å². The van der Waals surface area contributed by atoms with Crippen molar-refractivity contribution in [1.82, 2.24) is 14.5 Å². The molecule has 0 saturated heterocycles. The van der Waals surface area contributed by atoms with E-state index in [0.717, 1.165) is 33.3 Å². The van der Waals surface area contributed by atoms with Gasteiger partial charge in [-0.1, -0.05) is 30.3 Å². The molecular weight excluding hydrogens is 434 g/mol. The molecule has 3 aromatic heterocycles. The average molecular weight is 448 g/mol. The Labute approximate surface area is 183 Å². The summed E-state index contributed by atoms with van der Waals surface area (Å²) in [5, 5.41) is 3.14. The van der Waals surface area contributed by atoms with Gasteiger partial charge in [0.1, 0.15) is 27.7 Å². The molecule has 0 radical (unpaired) electrons. The third-order valence-electron chi connectivity index (χ3n) is 4.84. The molecule has 0 aliphatic carbocycles. The molecule has 1 N–H and O–H groups in total. The molecule has 0 unspecified atom stereocenters. The SMILES string of the molecule is O=C(Cn1cnc2c(sc3nc(-c4ccccc4)ccc32)c1=O)Nc1cc(F)cc(F)c1. The number of nitrogens with one attached hydrogen (secondary N) is 1. The Morgan fingerprint density at radius 2 is 1.78 bits per heavy atom. The second-order valence-corrected chi connectivity index (χ2v) is 8.08. The minimum atomic E-state index is -0.812. The van der Waals surface area contributed by atoms with E-state index in [1.807, 2.05) is 42.5 Å². The summed E-state index contributed by atoms with van der Waals surface area (Å²) in [5.41, 5.74) is 1.84. The normalized spacial score (nSPS) is 11.2. The first-order valence-corrected chi connectivity index (χ1v) is 10.4. The van der Waals surface area contributed by atoms with E-state index in [1.165, 1.54) is 17.7 Å². The molecule has 32 heavy (non-hydrogen) atoms. The van der Waals surface area contributed by atoms with E-state index in [-0.39, 0.29) is 17.8 Å². The van der Waals surface area contributed by atoms with Crippen LogP contribution in [0, 0.1) is 11.6 Å². The highest BCUT2D eigenvalue weighted by Gasteiger charge is 2.15. The minimum absolute atomic E-state index is 0.0333. The van der Waals surface area contributed by atoms with Gasteiger partial charge >= 0.3 is 0 Å². The van der Waals surface area contributed by atoms with Crippen molar-refractivity contribution in [2.24, 2.45) is 0 Å². The van der Waals surface area contributed by atoms with Gasteiger partial charge in [-0.3, -0.25) is 14.2 Å². The van der Waals surface area contributed by atoms with Crippen LogP contribution in [0.3, 0.4) is 0 Å². The Balaban J connectivity index is 1.47. The Kier molecular flexibility index (Phi) is 4.95. The number of amides is 1. The van der Waals surface area contributed by atoms with Crippen LogP contribution in [0.4, 0.5) is 14.5 Å². The van der Waals surface area contributed by atoms with Crippen LogP contribution in [-0.4, -0.2) is 20.4 Å². The Bertz CT molecular complexity index is 1530. The van der Waals surface area contributed by atoms with E-state index in [1.54, 1.807) is 0 Å². The Hall–Kier alpha value is -3.98. The van der Waals surface area contributed by atoms with E-state index in [4.69, 9.17) is 0 Å². The number of nitrogens with zero attached hydrogens (tertiary/aromatic N) is 3. The summed E-state index contributed by atoms with van der Waals surface area (Å²) in [6.45, 7) is -0.350. The van der Waals surface area contributed by atoms with Crippen LogP contribution in [0.5, 0.6) is 0 Å². The maximum absolute atomic E-state index is 13.3.